The van der Waals surface area contributed by atoms with Gasteiger partial charge in [0, 0.05) is 6.04 Å². The Bertz CT molecular complexity index is 273. The van der Waals surface area contributed by atoms with Crippen LogP contribution in [0.5, 0.6) is 0 Å². The number of hydrogen-bond donors (Lipinski definition) is 1. The number of halogens is 1. The van der Waals surface area contributed by atoms with E-state index in [1.54, 1.807) is 0 Å². The van der Waals surface area contributed by atoms with Crippen LogP contribution in [0.3, 0.4) is 0 Å². The average Bonchev–Trinajstić information content (AvgIpc) is 2.04. The summed E-state index contributed by atoms with van der Waals surface area (Å²) in [4.78, 5) is 4.30. The van der Waals surface area contributed by atoms with E-state index in [-0.39, 0.29) is 0 Å². The molecule has 0 fully saturated rings. The van der Waals surface area contributed by atoms with Gasteiger partial charge in [-0.2, -0.15) is 0 Å². The van der Waals surface area contributed by atoms with E-state index in [9.17, 15) is 0 Å². The van der Waals surface area contributed by atoms with Crippen LogP contribution in [0.15, 0.2) is 22.8 Å². The molecule has 0 aromatic carbocycles. The Labute approximate surface area is 87.9 Å². The van der Waals surface area contributed by atoms with Crippen molar-refractivity contribution in [2.75, 3.05) is 5.32 Å². The predicted molar refractivity (Wildman–Crippen MR) is 59.9 cm³/mol. The maximum atomic E-state index is 4.30. The van der Waals surface area contributed by atoms with Crippen molar-refractivity contribution in [3.63, 3.8) is 0 Å². The van der Waals surface area contributed by atoms with Crippen LogP contribution in [0, 0.1) is 5.92 Å². The zero-order valence-electron chi connectivity index (χ0n) is 8.21. The van der Waals surface area contributed by atoms with Crippen molar-refractivity contribution < 1.29 is 0 Å². The van der Waals surface area contributed by atoms with Crippen LogP contribution in [0.1, 0.15) is 20.8 Å². The molecule has 1 atom stereocenters. The zero-order chi connectivity index (χ0) is 9.84. The molecule has 0 aliphatic rings. The van der Waals surface area contributed by atoms with E-state index in [0.717, 1.165) is 10.4 Å². The standard InChI is InChI=1S/C10H15BrN2/c1-7(2)8(3)12-10-6-4-5-9(11)13-10/h4-8H,1-3H3,(H,12,13). The quantitative estimate of drug-likeness (QED) is 0.824. The van der Waals surface area contributed by atoms with Gasteiger partial charge < -0.3 is 5.32 Å². The molecule has 0 aliphatic heterocycles. The Morgan fingerprint density at radius 3 is 2.54 bits per heavy atom. The average molecular weight is 243 g/mol. The Hall–Kier alpha value is -0.570. The molecule has 2 nitrogen and oxygen atoms in total. The molecule has 0 saturated heterocycles. The SMILES string of the molecule is CC(C)C(C)Nc1cccc(Br)n1. The first-order chi connectivity index (χ1) is 6.09. The summed E-state index contributed by atoms with van der Waals surface area (Å²) in [5.41, 5.74) is 0. The molecule has 1 rings (SSSR count). The molecule has 1 N–H and O–H groups in total. The van der Waals surface area contributed by atoms with Crippen molar-refractivity contribution >= 4 is 21.7 Å². The highest BCUT2D eigenvalue weighted by molar-refractivity contribution is 9.10. The number of nitrogens with zero attached hydrogens (tertiary/aromatic N) is 1. The van der Waals surface area contributed by atoms with E-state index >= 15 is 0 Å². The Morgan fingerprint density at radius 1 is 1.31 bits per heavy atom. The fourth-order valence-corrected chi connectivity index (χ4v) is 1.23. The van der Waals surface area contributed by atoms with Crippen LogP contribution in [-0.2, 0) is 0 Å². The van der Waals surface area contributed by atoms with Gasteiger partial charge in [0.25, 0.3) is 0 Å². The number of anilines is 1. The molecule has 0 aliphatic carbocycles. The Morgan fingerprint density at radius 2 is 2.00 bits per heavy atom. The van der Waals surface area contributed by atoms with Gasteiger partial charge in [-0.25, -0.2) is 4.98 Å². The van der Waals surface area contributed by atoms with Crippen molar-refractivity contribution in [2.24, 2.45) is 5.92 Å². The van der Waals surface area contributed by atoms with E-state index in [1.165, 1.54) is 0 Å². The first-order valence-electron chi connectivity index (χ1n) is 4.48. The monoisotopic (exact) mass is 242 g/mol. The second-order valence-electron chi connectivity index (χ2n) is 3.52. The molecular weight excluding hydrogens is 228 g/mol. The van der Waals surface area contributed by atoms with E-state index in [4.69, 9.17) is 0 Å². The predicted octanol–water partition coefficient (Wildman–Crippen LogP) is 3.30. The zero-order valence-corrected chi connectivity index (χ0v) is 9.80. The number of nitrogens with one attached hydrogen (secondary N) is 1. The molecule has 3 heteroatoms. The van der Waals surface area contributed by atoms with Crippen molar-refractivity contribution in [3.05, 3.63) is 22.8 Å². The maximum Gasteiger partial charge on any atom is 0.127 e. The summed E-state index contributed by atoms with van der Waals surface area (Å²) in [7, 11) is 0. The molecule has 0 saturated carbocycles. The van der Waals surface area contributed by atoms with E-state index in [1.807, 2.05) is 18.2 Å². The molecule has 0 spiro atoms. The Balaban J connectivity index is 2.64. The number of rotatable bonds is 3. The summed E-state index contributed by atoms with van der Waals surface area (Å²) in [5, 5.41) is 3.34. The second-order valence-corrected chi connectivity index (χ2v) is 4.34. The lowest BCUT2D eigenvalue weighted by Crippen LogP contribution is -2.21. The normalized spacial score (nSPS) is 13.0. The van der Waals surface area contributed by atoms with Crippen LogP contribution in [0.4, 0.5) is 5.82 Å². The van der Waals surface area contributed by atoms with Gasteiger partial charge in [-0.15, -0.1) is 0 Å². The van der Waals surface area contributed by atoms with Gasteiger partial charge in [0.2, 0.25) is 0 Å². The van der Waals surface area contributed by atoms with Crippen molar-refractivity contribution in [2.45, 2.75) is 26.8 Å². The fraction of sp³-hybridized carbons (Fsp3) is 0.500. The van der Waals surface area contributed by atoms with Gasteiger partial charge >= 0.3 is 0 Å². The molecule has 72 valence electrons. The van der Waals surface area contributed by atoms with E-state index in [0.29, 0.717) is 12.0 Å². The molecule has 0 bridgehead atoms. The summed E-state index contributed by atoms with van der Waals surface area (Å²) < 4.78 is 0.869. The molecule has 0 amide bonds. The Kier molecular flexibility index (Phi) is 3.72. The minimum absolute atomic E-state index is 0.446. The smallest absolute Gasteiger partial charge is 0.127 e. The molecular formula is C10H15BrN2. The fourth-order valence-electron chi connectivity index (χ4n) is 0.889. The highest BCUT2D eigenvalue weighted by atomic mass is 79.9. The third kappa shape index (κ3) is 3.35. The van der Waals surface area contributed by atoms with E-state index in [2.05, 4.69) is 47.0 Å². The van der Waals surface area contributed by atoms with Gasteiger partial charge in [0.1, 0.15) is 10.4 Å². The lowest BCUT2D eigenvalue weighted by Gasteiger charge is -2.17. The summed E-state index contributed by atoms with van der Waals surface area (Å²) >= 11 is 3.34. The summed E-state index contributed by atoms with van der Waals surface area (Å²) in [5.74, 6) is 1.54. The third-order valence-corrected chi connectivity index (χ3v) is 2.53. The summed E-state index contributed by atoms with van der Waals surface area (Å²) in [6.45, 7) is 6.54. The highest BCUT2D eigenvalue weighted by Gasteiger charge is 2.06. The van der Waals surface area contributed by atoms with Crippen LogP contribution in [-0.4, -0.2) is 11.0 Å². The lowest BCUT2D eigenvalue weighted by molar-refractivity contribution is 0.558. The van der Waals surface area contributed by atoms with Crippen molar-refractivity contribution in [1.29, 1.82) is 0 Å². The topological polar surface area (TPSA) is 24.9 Å². The van der Waals surface area contributed by atoms with Gasteiger partial charge in [0.15, 0.2) is 0 Å². The highest BCUT2D eigenvalue weighted by Crippen LogP contribution is 2.13. The number of hydrogen-bond acceptors (Lipinski definition) is 2. The number of aromatic nitrogens is 1. The van der Waals surface area contributed by atoms with Gasteiger partial charge in [0.05, 0.1) is 0 Å². The molecule has 13 heavy (non-hydrogen) atoms. The summed E-state index contributed by atoms with van der Waals surface area (Å²) in [6.07, 6.45) is 0. The van der Waals surface area contributed by atoms with Gasteiger partial charge in [-0.3, -0.25) is 0 Å². The van der Waals surface area contributed by atoms with Gasteiger partial charge in [-0.1, -0.05) is 19.9 Å². The molecule has 1 aromatic rings. The van der Waals surface area contributed by atoms with Crippen LogP contribution >= 0.6 is 15.9 Å². The van der Waals surface area contributed by atoms with Crippen LogP contribution < -0.4 is 5.32 Å². The summed E-state index contributed by atoms with van der Waals surface area (Å²) in [6, 6.07) is 6.32. The molecule has 1 aromatic heterocycles. The second kappa shape index (κ2) is 4.61. The largest absolute Gasteiger partial charge is 0.367 e. The minimum Gasteiger partial charge on any atom is -0.367 e. The maximum absolute atomic E-state index is 4.30. The molecule has 1 unspecified atom stereocenters. The lowest BCUT2D eigenvalue weighted by atomic mass is 10.1. The van der Waals surface area contributed by atoms with Crippen LogP contribution in [0.2, 0.25) is 0 Å². The first kappa shape index (κ1) is 10.5. The van der Waals surface area contributed by atoms with Gasteiger partial charge in [-0.05, 0) is 40.9 Å². The molecule has 0 radical (unpaired) electrons. The number of pyridine rings is 1. The molecule has 1 heterocycles. The van der Waals surface area contributed by atoms with E-state index < -0.39 is 0 Å². The third-order valence-electron chi connectivity index (χ3n) is 2.09. The first-order valence-corrected chi connectivity index (χ1v) is 5.28. The van der Waals surface area contributed by atoms with Crippen LogP contribution in [0.25, 0.3) is 0 Å². The minimum atomic E-state index is 0.446. The van der Waals surface area contributed by atoms with Crippen molar-refractivity contribution in [3.8, 4) is 0 Å². The van der Waals surface area contributed by atoms with Crippen molar-refractivity contribution in [1.82, 2.24) is 4.98 Å².